The number of methoxy groups -OCH3 is 1. The van der Waals surface area contributed by atoms with Crippen molar-refractivity contribution in [2.75, 3.05) is 13.7 Å². The van der Waals surface area contributed by atoms with E-state index in [9.17, 15) is 24.3 Å². The van der Waals surface area contributed by atoms with Crippen LogP contribution in [0.2, 0.25) is 5.02 Å². The summed E-state index contributed by atoms with van der Waals surface area (Å²) >= 11 is 13.0. The number of aliphatic hydroxyl groups is 1. The van der Waals surface area contributed by atoms with E-state index in [-0.39, 0.29) is 31.7 Å². The number of aliphatic hydroxyl groups excluding tert-OH is 1. The molecule has 0 spiro atoms. The minimum atomic E-state index is -1.21. The van der Waals surface area contributed by atoms with Gasteiger partial charge in [-0.1, -0.05) is 81.8 Å². The Morgan fingerprint density at radius 3 is 2.36 bits per heavy atom. The third-order valence-corrected chi connectivity index (χ3v) is 8.85. The Bertz CT molecular complexity index is 1400. The fourth-order valence-corrected chi connectivity index (χ4v) is 5.66. The van der Waals surface area contributed by atoms with Gasteiger partial charge in [0.25, 0.3) is 0 Å². The molecule has 0 unspecified atom stereocenters. The summed E-state index contributed by atoms with van der Waals surface area (Å²) in [5.74, 6) is -3.51. The Kier molecular flexibility index (Phi) is 14.6. The lowest BCUT2D eigenvalue weighted by Crippen LogP contribution is -2.49. The molecule has 0 fully saturated rings. The monoisotopic (exact) mass is 690 g/mol. The number of carbonyl (C=O) groups excluding carboxylic acids is 4. The SMILES string of the molecule is COc1ccc(C[C@H]2NC(=O)C=CC[C@@H]([C@H](C)[C@H](Cl)[C@@H](O)c3ccccc3)OC(=O)[C@H](CC(C)C)OC(=O)[C@H](C)CNC2=O)cc1Cl. The minimum absolute atomic E-state index is 0.0201. The van der Waals surface area contributed by atoms with Gasteiger partial charge in [0.1, 0.15) is 17.9 Å². The number of hydrogen-bond donors (Lipinski definition) is 3. The van der Waals surface area contributed by atoms with Crippen LogP contribution in [0.3, 0.4) is 0 Å². The van der Waals surface area contributed by atoms with E-state index in [0.29, 0.717) is 21.9 Å². The first-order chi connectivity index (χ1) is 22.3. The second kappa shape index (κ2) is 18.1. The minimum Gasteiger partial charge on any atom is -0.495 e. The molecule has 1 heterocycles. The van der Waals surface area contributed by atoms with Crippen molar-refractivity contribution in [3.63, 3.8) is 0 Å². The average molecular weight is 692 g/mol. The smallest absolute Gasteiger partial charge is 0.347 e. The van der Waals surface area contributed by atoms with Crippen molar-refractivity contribution in [2.24, 2.45) is 17.8 Å². The number of cyclic esters (lactones) is 2. The molecule has 2 aromatic carbocycles. The van der Waals surface area contributed by atoms with Crippen LogP contribution in [0.1, 0.15) is 57.8 Å². The first-order valence-corrected chi connectivity index (χ1v) is 16.5. The predicted molar refractivity (Wildman–Crippen MR) is 179 cm³/mol. The number of rotatable bonds is 9. The Hall–Kier alpha value is -3.60. The van der Waals surface area contributed by atoms with E-state index in [1.165, 1.54) is 19.3 Å². The number of alkyl halides is 1. The van der Waals surface area contributed by atoms with Crippen LogP contribution in [-0.4, -0.2) is 66.1 Å². The van der Waals surface area contributed by atoms with Crippen LogP contribution < -0.4 is 15.4 Å². The summed E-state index contributed by atoms with van der Waals surface area (Å²) in [7, 11) is 1.49. The fourth-order valence-electron chi connectivity index (χ4n) is 5.07. The van der Waals surface area contributed by atoms with Crippen molar-refractivity contribution in [3.8, 4) is 5.75 Å². The number of benzene rings is 2. The molecular formula is C35H44Cl2N2O8. The van der Waals surface area contributed by atoms with E-state index in [4.69, 9.17) is 37.4 Å². The fraction of sp³-hybridized carbons (Fsp3) is 0.486. The number of amides is 2. The lowest BCUT2D eigenvalue weighted by molar-refractivity contribution is -0.176. The zero-order valence-electron chi connectivity index (χ0n) is 27.3. The van der Waals surface area contributed by atoms with E-state index in [1.54, 1.807) is 56.3 Å². The summed E-state index contributed by atoms with van der Waals surface area (Å²) in [6.07, 6.45) is -0.0588. The van der Waals surface area contributed by atoms with Gasteiger partial charge in [0.15, 0.2) is 6.10 Å². The molecule has 2 amide bonds. The van der Waals surface area contributed by atoms with Crippen molar-refractivity contribution in [2.45, 2.75) is 76.7 Å². The Balaban J connectivity index is 1.92. The summed E-state index contributed by atoms with van der Waals surface area (Å²) in [6.45, 7) is 6.97. The maximum Gasteiger partial charge on any atom is 0.347 e. The van der Waals surface area contributed by atoms with Crippen LogP contribution in [-0.2, 0) is 35.1 Å². The molecule has 12 heteroatoms. The summed E-state index contributed by atoms with van der Waals surface area (Å²) in [5, 5.41) is 15.9. The van der Waals surface area contributed by atoms with Crippen LogP contribution in [0.15, 0.2) is 60.7 Å². The van der Waals surface area contributed by atoms with Gasteiger partial charge in [-0.3, -0.25) is 14.4 Å². The molecule has 0 aliphatic carbocycles. The second-order valence-electron chi connectivity index (χ2n) is 12.2. The molecule has 0 aromatic heterocycles. The Morgan fingerprint density at radius 1 is 1.02 bits per heavy atom. The van der Waals surface area contributed by atoms with Gasteiger partial charge in [-0.25, -0.2) is 4.79 Å². The molecule has 0 radical (unpaired) electrons. The molecule has 47 heavy (non-hydrogen) atoms. The van der Waals surface area contributed by atoms with Gasteiger partial charge in [-0.15, -0.1) is 11.6 Å². The molecule has 0 bridgehead atoms. The van der Waals surface area contributed by atoms with Crippen molar-refractivity contribution in [1.29, 1.82) is 0 Å². The highest BCUT2D eigenvalue weighted by Crippen LogP contribution is 2.31. The maximum atomic E-state index is 13.5. The lowest BCUT2D eigenvalue weighted by Gasteiger charge is -2.31. The zero-order chi connectivity index (χ0) is 34.7. The van der Waals surface area contributed by atoms with Crippen LogP contribution in [0.25, 0.3) is 0 Å². The number of nitrogens with one attached hydrogen (secondary N) is 2. The summed E-state index contributed by atoms with van der Waals surface area (Å²) < 4.78 is 16.8. The number of halogens is 2. The average Bonchev–Trinajstić information content (AvgIpc) is 3.04. The first-order valence-electron chi connectivity index (χ1n) is 15.7. The van der Waals surface area contributed by atoms with Gasteiger partial charge >= 0.3 is 11.9 Å². The number of hydrogen-bond acceptors (Lipinski definition) is 8. The standard InChI is InChI=1S/C35H44Cl2N2O8/c1-20(2)16-29-35(44)46-27(22(4)31(37)32(41)24-10-7-6-8-11-24)12-9-13-30(40)39-26(33(42)38-19-21(3)34(43)47-29)18-23-14-15-28(45-5)25(36)17-23/h6-11,13-15,17,20-22,26-27,29,31-32,41H,12,16,18-19H2,1-5H3,(H,38,42)(H,39,40)/t21-,22+,26-,27+,29+,31+,32+/m1/s1. The normalized spacial score (nSPS) is 23.6. The van der Waals surface area contributed by atoms with E-state index in [2.05, 4.69) is 10.6 Å². The van der Waals surface area contributed by atoms with Gasteiger partial charge in [0.2, 0.25) is 11.8 Å². The summed E-state index contributed by atoms with van der Waals surface area (Å²) in [5.41, 5.74) is 1.27. The highest BCUT2D eigenvalue weighted by molar-refractivity contribution is 6.32. The molecule has 3 N–H and O–H groups in total. The highest BCUT2D eigenvalue weighted by atomic mass is 35.5. The van der Waals surface area contributed by atoms with Gasteiger partial charge < -0.3 is 30.0 Å². The molecule has 2 aromatic rings. The molecule has 256 valence electrons. The molecule has 0 saturated heterocycles. The third-order valence-electron chi connectivity index (χ3n) is 7.92. The topological polar surface area (TPSA) is 140 Å². The van der Waals surface area contributed by atoms with Gasteiger partial charge in [0, 0.05) is 25.3 Å². The molecule has 1 aliphatic heterocycles. The summed E-state index contributed by atoms with van der Waals surface area (Å²) in [6, 6.07) is 12.9. The lowest BCUT2D eigenvalue weighted by atomic mass is 9.91. The van der Waals surface area contributed by atoms with Crippen molar-refractivity contribution >= 4 is 47.0 Å². The van der Waals surface area contributed by atoms with Crippen LogP contribution in [0.4, 0.5) is 0 Å². The predicted octanol–water partition coefficient (Wildman–Crippen LogP) is 4.93. The highest BCUT2D eigenvalue weighted by Gasteiger charge is 2.36. The molecule has 10 nitrogen and oxygen atoms in total. The number of carbonyl (C=O) groups is 4. The largest absolute Gasteiger partial charge is 0.495 e. The van der Waals surface area contributed by atoms with Gasteiger partial charge in [-0.05, 0) is 41.7 Å². The van der Waals surface area contributed by atoms with Crippen LogP contribution in [0, 0.1) is 17.8 Å². The van der Waals surface area contributed by atoms with Crippen molar-refractivity contribution < 1.29 is 38.5 Å². The van der Waals surface area contributed by atoms with Crippen molar-refractivity contribution in [3.05, 3.63) is 76.8 Å². The number of esters is 2. The van der Waals surface area contributed by atoms with E-state index in [1.807, 2.05) is 19.9 Å². The third kappa shape index (κ3) is 11.3. The second-order valence-corrected chi connectivity index (χ2v) is 13.1. The quantitative estimate of drug-likeness (QED) is 0.249. The zero-order valence-corrected chi connectivity index (χ0v) is 28.8. The Labute approximate surface area is 286 Å². The van der Waals surface area contributed by atoms with Crippen LogP contribution in [0.5, 0.6) is 5.75 Å². The van der Waals surface area contributed by atoms with Crippen molar-refractivity contribution in [1.82, 2.24) is 10.6 Å². The maximum absolute atomic E-state index is 13.5. The van der Waals surface area contributed by atoms with Crippen LogP contribution >= 0.6 is 23.2 Å². The molecular weight excluding hydrogens is 647 g/mol. The van der Waals surface area contributed by atoms with E-state index >= 15 is 0 Å². The van der Waals surface area contributed by atoms with E-state index in [0.717, 1.165) is 0 Å². The number of ether oxygens (including phenoxy) is 3. The first kappa shape index (κ1) is 37.9. The summed E-state index contributed by atoms with van der Waals surface area (Å²) in [4.78, 5) is 53.0. The van der Waals surface area contributed by atoms with Gasteiger partial charge in [-0.2, -0.15) is 0 Å². The Morgan fingerprint density at radius 2 is 1.72 bits per heavy atom. The molecule has 0 saturated carbocycles. The van der Waals surface area contributed by atoms with E-state index < -0.39 is 65.3 Å². The van der Waals surface area contributed by atoms with Gasteiger partial charge in [0.05, 0.1) is 29.5 Å². The molecule has 1 aliphatic rings. The molecule has 3 rings (SSSR count). The molecule has 7 atom stereocenters.